The minimum atomic E-state index is 0.586. The molecule has 0 amide bonds. The van der Waals surface area contributed by atoms with Crippen LogP contribution in [0.5, 0.6) is 0 Å². The second-order valence-corrected chi connectivity index (χ2v) is 6.86. The van der Waals surface area contributed by atoms with Crippen LogP contribution in [0.3, 0.4) is 0 Å². The van der Waals surface area contributed by atoms with Crippen molar-refractivity contribution in [2.24, 2.45) is 5.92 Å². The van der Waals surface area contributed by atoms with Gasteiger partial charge in [-0.2, -0.15) is 0 Å². The Bertz CT molecular complexity index is 606. The molecule has 1 fully saturated rings. The highest BCUT2D eigenvalue weighted by Gasteiger charge is 2.20. The Labute approximate surface area is 134 Å². The van der Waals surface area contributed by atoms with Crippen LogP contribution in [0.2, 0.25) is 0 Å². The average Bonchev–Trinajstić information content (AvgIpc) is 2.50. The van der Waals surface area contributed by atoms with Crippen LogP contribution in [0.25, 0.3) is 10.9 Å². The number of nitrogens with zero attached hydrogens (tertiary/aromatic N) is 1. The molecule has 0 saturated heterocycles. The summed E-state index contributed by atoms with van der Waals surface area (Å²) in [7, 11) is 2.05. The molecule has 1 aliphatic rings. The molecule has 1 aromatic heterocycles. The average molecular weight is 348 g/mol. The van der Waals surface area contributed by atoms with Gasteiger partial charge in [0.05, 0.1) is 5.52 Å². The number of nitrogens with one attached hydrogen (secondary N) is 2. The summed E-state index contributed by atoms with van der Waals surface area (Å²) >= 11 is 3.55. The fourth-order valence-electron chi connectivity index (χ4n) is 3.26. The normalized spacial score (nSPS) is 22.4. The minimum Gasteiger partial charge on any atom is -0.382 e. The number of benzene rings is 1. The largest absolute Gasteiger partial charge is 0.382 e. The topological polar surface area (TPSA) is 37.0 Å². The standard InChI is InChI=1S/C17H22BrN3/c1-19-11-12-2-5-14(6-3-12)21-17-8-9-20-16-7-4-13(18)10-15(16)17/h4,7-10,12,14,19H,2-3,5-6,11H2,1H3,(H,20,21). The molecule has 112 valence electrons. The molecule has 0 unspecified atom stereocenters. The Morgan fingerprint density at radius 1 is 1.19 bits per heavy atom. The van der Waals surface area contributed by atoms with Crippen LogP contribution in [0.4, 0.5) is 5.69 Å². The Morgan fingerprint density at radius 2 is 2.00 bits per heavy atom. The monoisotopic (exact) mass is 347 g/mol. The fraction of sp³-hybridized carbons (Fsp3) is 0.471. The lowest BCUT2D eigenvalue weighted by molar-refractivity contribution is 0.331. The van der Waals surface area contributed by atoms with Crippen molar-refractivity contribution < 1.29 is 0 Å². The molecular formula is C17H22BrN3. The Balaban J connectivity index is 1.72. The van der Waals surface area contributed by atoms with Gasteiger partial charge in [-0.15, -0.1) is 0 Å². The van der Waals surface area contributed by atoms with Gasteiger partial charge in [0.1, 0.15) is 0 Å². The van der Waals surface area contributed by atoms with Crippen LogP contribution in [0.1, 0.15) is 25.7 Å². The van der Waals surface area contributed by atoms with Gasteiger partial charge in [0.2, 0.25) is 0 Å². The zero-order valence-corrected chi connectivity index (χ0v) is 14.0. The van der Waals surface area contributed by atoms with Crippen molar-refractivity contribution in [1.29, 1.82) is 0 Å². The molecule has 1 saturated carbocycles. The van der Waals surface area contributed by atoms with E-state index in [0.29, 0.717) is 6.04 Å². The quantitative estimate of drug-likeness (QED) is 0.870. The molecule has 2 aromatic rings. The number of halogens is 1. The molecule has 0 radical (unpaired) electrons. The van der Waals surface area contributed by atoms with Gasteiger partial charge in [0.25, 0.3) is 0 Å². The van der Waals surface area contributed by atoms with E-state index in [-0.39, 0.29) is 0 Å². The fourth-order valence-corrected chi connectivity index (χ4v) is 3.62. The van der Waals surface area contributed by atoms with Gasteiger partial charge in [-0.1, -0.05) is 15.9 Å². The molecule has 2 N–H and O–H groups in total. The molecule has 0 atom stereocenters. The molecule has 1 aromatic carbocycles. The van der Waals surface area contributed by atoms with E-state index < -0.39 is 0 Å². The smallest absolute Gasteiger partial charge is 0.0723 e. The molecule has 0 aliphatic heterocycles. The predicted molar refractivity (Wildman–Crippen MR) is 92.7 cm³/mol. The molecule has 3 rings (SSSR count). The predicted octanol–water partition coefficient (Wildman–Crippen LogP) is 4.19. The van der Waals surface area contributed by atoms with Gasteiger partial charge < -0.3 is 10.6 Å². The lowest BCUT2D eigenvalue weighted by atomic mass is 9.86. The van der Waals surface area contributed by atoms with E-state index >= 15 is 0 Å². The first-order valence-corrected chi connectivity index (χ1v) is 8.51. The number of hydrogen-bond donors (Lipinski definition) is 2. The second-order valence-electron chi connectivity index (χ2n) is 5.94. The Hall–Kier alpha value is -1.13. The maximum atomic E-state index is 4.44. The van der Waals surface area contributed by atoms with Gasteiger partial charge in [-0.3, -0.25) is 4.98 Å². The molecule has 1 aliphatic carbocycles. The summed E-state index contributed by atoms with van der Waals surface area (Å²) in [4.78, 5) is 4.44. The van der Waals surface area contributed by atoms with E-state index in [0.717, 1.165) is 22.5 Å². The zero-order valence-electron chi connectivity index (χ0n) is 12.4. The minimum absolute atomic E-state index is 0.586. The van der Waals surface area contributed by atoms with Crippen molar-refractivity contribution >= 4 is 32.5 Å². The molecule has 1 heterocycles. The first-order valence-electron chi connectivity index (χ1n) is 7.71. The second kappa shape index (κ2) is 6.75. The first-order chi connectivity index (χ1) is 10.3. The van der Waals surface area contributed by atoms with Crippen LogP contribution >= 0.6 is 15.9 Å². The third kappa shape index (κ3) is 3.55. The summed E-state index contributed by atoms with van der Waals surface area (Å²) in [5, 5.41) is 8.23. The summed E-state index contributed by atoms with van der Waals surface area (Å²) in [5.74, 6) is 0.844. The summed E-state index contributed by atoms with van der Waals surface area (Å²) in [5.41, 5.74) is 2.26. The number of rotatable bonds is 4. The van der Waals surface area contributed by atoms with E-state index in [1.807, 2.05) is 19.3 Å². The van der Waals surface area contributed by atoms with Crippen molar-refractivity contribution in [2.45, 2.75) is 31.7 Å². The molecular weight excluding hydrogens is 326 g/mol. The maximum absolute atomic E-state index is 4.44. The van der Waals surface area contributed by atoms with Crippen molar-refractivity contribution in [3.05, 3.63) is 34.9 Å². The summed E-state index contributed by atoms with van der Waals surface area (Å²) in [6.07, 6.45) is 7.02. The van der Waals surface area contributed by atoms with Crippen LogP contribution < -0.4 is 10.6 Å². The van der Waals surface area contributed by atoms with E-state index in [4.69, 9.17) is 0 Å². The third-order valence-corrected chi connectivity index (χ3v) is 4.90. The Kier molecular flexibility index (Phi) is 4.76. The van der Waals surface area contributed by atoms with Crippen molar-refractivity contribution in [2.75, 3.05) is 18.9 Å². The van der Waals surface area contributed by atoms with Crippen LogP contribution in [0, 0.1) is 5.92 Å². The van der Waals surface area contributed by atoms with E-state index in [2.05, 4.69) is 49.7 Å². The summed E-state index contributed by atoms with van der Waals surface area (Å²) in [6, 6.07) is 8.94. The summed E-state index contributed by atoms with van der Waals surface area (Å²) in [6.45, 7) is 1.15. The number of aromatic nitrogens is 1. The molecule has 3 nitrogen and oxygen atoms in total. The molecule has 21 heavy (non-hydrogen) atoms. The van der Waals surface area contributed by atoms with Gasteiger partial charge >= 0.3 is 0 Å². The van der Waals surface area contributed by atoms with Crippen molar-refractivity contribution in [3.8, 4) is 0 Å². The first kappa shape index (κ1) is 14.8. The van der Waals surface area contributed by atoms with E-state index in [9.17, 15) is 0 Å². The van der Waals surface area contributed by atoms with Gasteiger partial charge in [-0.25, -0.2) is 0 Å². The summed E-state index contributed by atoms with van der Waals surface area (Å²) < 4.78 is 1.10. The van der Waals surface area contributed by atoms with Gasteiger partial charge in [0, 0.05) is 27.8 Å². The van der Waals surface area contributed by atoms with E-state index in [1.165, 1.54) is 36.8 Å². The number of hydrogen-bond acceptors (Lipinski definition) is 3. The van der Waals surface area contributed by atoms with Crippen molar-refractivity contribution in [1.82, 2.24) is 10.3 Å². The molecule has 4 heteroatoms. The van der Waals surface area contributed by atoms with Crippen LogP contribution in [0.15, 0.2) is 34.9 Å². The highest BCUT2D eigenvalue weighted by Crippen LogP contribution is 2.30. The number of anilines is 1. The van der Waals surface area contributed by atoms with Gasteiger partial charge in [-0.05, 0) is 69.5 Å². The molecule has 0 bridgehead atoms. The zero-order chi connectivity index (χ0) is 14.7. The Morgan fingerprint density at radius 3 is 2.76 bits per heavy atom. The third-order valence-electron chi connectivity index (χ3n) is 4.40. The lowest BCUT2D eigenvalue weighted by Crippen LogP contribution is -2.30. The van der Waals surface area contributed by atoms with Gasteiger partial charge in [0.15, 0.2) is 0 Å². The molecule has 0 spiro atoms. The van der Waals surface area contributed by atoms with Crippen LogP contribution in [-0.2, 0) is 0 Å². The lowest BCUT2D eigenvalue weighted by Gasteiger charge is -2.30. The van der Waals surface area contributed by atoms with Crippen molar-refractivity contribution in [3.63, 3.8) is 0 Å². The van der Waals surface area contributed by atoms with Crippen LogP contribution in [-0.4, -0.2) is 24.6 Å². The SMILES string of the molecule is CNCC1CCC(Nc2ccnc3ccc(Br)cc23)CC1. The highest BCUT2D eigenvalue weighted by molar-refractivity contribution is 9.10. The highest BCUT2D eigenvalue weighted by atomic mass is 79.9. The van der Waals surface area contributed by atoms with E-state index in [1.54, 1.807) is 0 Å². The number of pyridine rings is 1. The maximum Gasteiger partial charge on any atom is 0.0723 e. The number of fused-ring (bicyclic) bond motifs is 1.